The van der Waals surface area contributed by atoms with Crippen molar-refractivity contribution in [1.82, 2.24) is 0 Å². The fourth-order valence-corrected chi connectivity index (χ4v) is 2.48. The first-order valence-electron chi connectivity index (χ1n) is 7.50. The summed E-state index contributed by atoms with van der Waals surface area (Å²) in [4.78, 5) is 23.5. The van der Waals surface area contributed by atoms with Crippen LogP contribution in [-0.4, -0.2) is 26.0 Å². The molecule has 1 aliphatic heterocycles. The highest BCUT2D eigenvalue weighted by Gasteiger charge is 2.28. The van der Waals surface area contributed by atoms with Gasteiger partial charge in [-0.1, -0.05) is 0 Å². The van der Waals surface area contributed by atoms with Gasteiger partial charge in [0.15, 0.2) is 5.76 Å². The number of carbonyl (C=O) groups excluding carboxylic acids is 2. The lowest BCUT2D eigenvalue weighted by molar-refractivity contribution is -0.131. The quantitative estimate of drug-likeness (QED) is 0.483. The van der Waals surface area contributed by atoms with Crippen molar-refractivity contribution in [1.29, 1.82) is 0 Å². The molecule has 0 amide bonds. The van der Waals surface area contributed by atoms with Crippen LogP contribution < -0.4 is 18.9 Å². The van der Waals surface area contributed by atoms with Gasteiger partial charge in [-0.05, 0) is 30.3 Å². The van der Waals surface area contributed by atoms with Gasteiger partial charge in [-0.2, -0.15) is 0 Å². The van der Waals surface area contributed by atoms with E-state index in [0.29, 0.717) is 34.1 Å². The first-order valence-corrected chi connectivity index (χ1v) is 7.50. The minimum absolute atomic E-state index is 0.165. The molecule has 128 valence electrons. The molecule has 0 fully saturated rings. The van der Waals surface area contributed by atoms with Gasteiger partial charge < -0.3 is 18.9 Å². The van der Waals surface area contributed by atoms with E-state index >= 15 is 0 Å². The molecule has 2 aromatic rings. The second kappa shape index (κ2) is 6.68. The number of esters is 1. The molecule has 1 aliphatic rings. The number of carbonyl (C=O) groups is 2. The van der Waals surface area contributed by atoms with E-state index in [4.69, 9.17) is 18.9 Å². The van der Waals surface area contributed by atoms with Gasteiger partial charge in [0.2, 0.25) is 5.78 Å². The van der Waals surface area contributed by atoms with Gasteiger partial charge in [0.25, 0.3) is 0 Å². The number of hydrogen-bond acceptors (Lipinski definition) is 6. The van der Waals surface area contributed by atoms with Crippen molar-refractivity contribution >= 4 is 17.8 Å². The molecule has 6 nitrogen and oxygen atoms in total. The zero-order chi connectivity index (χ0) is 18.0. The minimum Gasteiger partial charge on any atom is -0.497 e. The number of methoxy groups -OCH3 is 2. The Balaban J connectivity index is 1.93. The fourth-order valence-electron chi connectivity index (χ4n) is 2.48. The van der Waals surface area contributed by atoms with Gasteiger partial charge >= 0.3 is 5.97 Å². The number of fused-ring (bicyclic) bond motifs is 1. The first-order chi connectivity index (χ1) is 12.0. The second-order valence-electron chi connectivity index (χ2n) is 5.30. The van der Waals surface area contributed by atoms with E-state index in [1.54, 1.807) is 43.5 Å². The molecule has 0 unspecified atom stereocenters. The maximum absolute atomic E-state index is 12.5. The summed E-state index contributed by atoms with van der Waals surface area (Å²) in [5.41, 5.74) is 1.09. The van der Waals surface area contributed by atoms with Gasteiger partial charge in [-0.25, -0.2) is 0 Å². The predicted octanol–water partition coefficient (Wildman–Crippen LogP) is 3.25. The molecule has 6 heteroatoms. The Morgan fingerprint density at radius 3 is 2.48 bits per heavy atom. The Bertz CT molecular complexity index is 881. The van der Waals surface area contributed by atoms with Crippen LogP contribution in [0.2, 0.25) is 0 Å². The van der Waals surface area contributed by atoms with Crippen LogP contribution >= 0.6 is 0 Å². The highest BCUT2D eigenvalue weighted by molar-refractivity contribution is 6.14. The Kier molecular flexibility index (Phi) is 4.43. The van der Waals surface area contributed by atoms with Gasteiger partial charge in [0, 0.05) is 24.6 Å². The van der Waals surface area contributed by atoms with E-state index in [2.05, 4.69) is 0 Å². The number of ether oxygens (including phenoxy) is 4. The molecule has 0 N–H and O–H groups in total. The lowest BCUT2D eigenvalue weighted by Gasteiger charge is -2.08. The molecule has 0 spiro atoms. The Hall–Kier alpha value is -3.28. The molecule has 3 rings (SSSR count). The summed E-state index contributed by atoms with van der Waals surface area (Å²) in [5.74, 6) is 1.35. The van der Waals surface area contributed by atoms with Crippen LogP contribution in [0.5, 0.6) is 23.0 Å². The number of hydrogen-bond donors (Lipinski definition) is 0. The summed E-state index contributed by atoms with van der Waals surface area (Å²) in [6, 6.07) is 9.90. The van der Waals surface area contributed by atoms with Crippen molar-refractivity contribution in [2.24, 2.45) is 0 Å². The van der Waals surface area contributed by atoms with Crippen molar-refractivity contribution < 1.29 is 28.5 Å². The van der Waals surface area contributed by atoms with Crippen LogP contribution in [0.1, 0.15) is 22.8 Å². The van der Waals surface area contributed by atoms with Crippen molar-refractivity contribution in [3.8, 4) is 23.0 Å². The fraction of sp³-hybridized carbons (Fsp3) is 0.158. The summed E-state index contributed by atoms with van der Waals surface area (Å²) in [6.07, 6.45) is 1.60. The van der Waals surface area contributed by atoms with Gasteiger partial charge in [-0.3, -0.25) is 9.59 Å². The minimum atomic E-state index is -0.442. The molecule has 0 aliphatic carbocycles. The van der Waals surface area contributed by atoms with Crippen LogP contribution in [-0.2, 0) is 4.79 Å². The molecule has 1 heterocycles. The van der Waals surface area contributed by atoms with Crippen LogP contribution in [0.15, 0.2) is 42.2 Å². The Morgan fingerprint density at radius 2 is 1.80 bits per heavy atom. The van der Waals surface area contributed by atoms with Crippen molar-refractivity contribution in [2.75, 3.05) is 14.2 Å². The lowest BCUT2D eigenvalue weighted by Crippen LogP contribution is -2.01. The third-order valence-corrected chi connectivity index (χ3v) is 3.63. The van der Waals surface area contributed by atoms with Crippen LogP contribution in [0.25, 0.3) is 6.08 Å². The SMILES string of the molecule is COc1ccc(/C=C2/Oc3cc(OC(C)=O)ccc3C2=O)c(OC)c1. The van der Waals surface area contributed by atoms with E-state index < -0.39 is 5.97 Å². The molecule has 2 aromatic carbocycles. The second-order valence-corrected chi connectivity index (χ2v) is 5.30. The molecule has 0 bridgehead atoms. The predicted molar refractivity (Wildman–Crippen MR) is 90.2 cm³/mol. The Labute approximate surface area is 144 Å². The Morgan fingerprint density at radius 1 is 1.04 bits per heavy atom. The van der Waals surface area contributed by atoms with E-state index in [1.807, 2.05) is 0 Å². The molecule has 0 radical (unpaired) electrons. The third kappa shape index (κ3) is 3.33. The number of ketones is 1. The van der Waals surface area contributed by atoms with Crippen LogP contribution in [0.4, 0.5) is 0 Å². The number of Topliss-reactive ketones (excluding diaryl/α,β-unsaturated/α-hetero) is 1. The molecular formula is C19H16O6. The summed E-state index contributed by atoms with van der Waals surface area (Å²) >= 11 is 0. The lowest BCUT2D eigenvalue weighted by atomic mass is 10.1. The van der Waals surface area contributed by atoms with Crippen molar-refractivity contribution in [3.63, 3.8) is 0 Å². The number of benzene rings is 2. The standard InChI is InChI=1S/C19H16O6/c1-11(20)24-14-6-7-15-17(10-14)25-18(19(15)21)8-12-4-5-13(22-2)9-16(12)23-3/h4-10H,1-3H3/b18-8+. The summed E-state index contributed by atoms with van der Waals surface area (Å²) < 4.78 is 21.1. The normalized spacial score (nSPS) is 14.0. The van der Waals surface area contributed by atoms with E-state index in [1.165, 1.54) is 20.1 Å². The smallest absolute Gasteiger partial charge is 0.308 e. The zero-order valence-electron chi connectivity index (χ0n) is 14.0. The molecule has 0 saturated carbocycles. The van der Waals surface area contributed by atoms with Crippen molar-refractivity contribution in [3.05, 3.63) is 53.3 Å². The average Bonchev–Trinajstić information content (AvgIpc) is 2.90. The van der Waals surface area contributed by atoms with E-state index in [-0.39, 0.29) is 11.5 Å². The highest BCUT2D eigenvalue weighted by atomic mass is 16.5. The molecule has 0 atom stereocenters. The van der Waals surface area contributed by atoms with Gasteiger partial charge in [-0.15, -0.1) is 0 Å². The van der Waals surface area contributed by atoms with Gasteiger partial charge in [0.1, 0.15) is 23.0 Å². The number of rotatable bonds is 4. The van der Waals surface area contributed by atoms with Crippen molar-refractivity contribution in [2.45, 2.75) is 6.92 Å². The summed E-state index contributed by atoms with van der Waals surface area (Å²) in [5, 5.41) is 0. The third-order valence-electron chi connectivity index (χ3n) is 3.63. The molecule has 0 saturated heterocycles. The monoisotopic (exact) mass is 340 g/mol. The molecule has 0 aromatic heterocycles. The van der Waals surface area contributed by atoms with Crippen LogP contribution in [0.3, 0.4) is 0 Å². The first kappa shape index (κ1) is 16.6. The largest absolute Gasteiger partial charge is 0.497 e. The molecular weight excluding hydrogens is 324 g/mol. The maximum Gasteiger partial charge on any atom is 0.308 e. The highest BCUT2D eigenvalue weighted by Crippen LogP contribution is 2.36. The average molecular weight is 340 g/mol. The van der Waals surface area contributed by atoms with E-state index in [0.717, 1.165) is 0 Å². The topological polar surface area (TPSA) is 71.1 Å². The summed E-state index contributed by atoms with van der Waals surface area (Å²) in [7, 11) is 3.10. The van der Waals surface area contributed by atoms with E-state index in [9.17, 15) is 9.59 Å². The number of allylic oxidation sites excluding steroid dienone is 1. The summed E-state index contributed by atoms with van der Waals surface area (Å²) in [6.45, 7) is 1.31. The maximum atomic E-state index is 12.5. The van der Waals surface area contributed by atoms with Crippen LogP contribution in [0, 0.1) is 0 Å². The zero-order valence-corrected chi connectivity index (χ0v) is 14.0. The molecule has 25 heavy (non-hydrogen) atoms. The van der Waals surface area contributed by atoms with Gasteiger partial charge in [0.05, 0.1) is 19.8 Å².